The molecule has 0 aliphatic rings. The van der Waals surface area contributed by atoms with E-state index in [0.717, 1.165) is 12.1 Å². The number of halogens is 3. The van der Waals surface area contributed by atoms with Crippen molar-refractivity contribution in [3.63, 3.8) is 0 Å². The van der Waals surface area contributed by atoms with Crippen LogP contribution in [0.2, 0.25) is 15.1 Å². The van der Waals surface area contributed by atoms with E-state index in [0.29, 0.717) is 0 Å². The summed E-state index contributed by atoms with van der Waals surface area (Å²) < 4.78 is 29.6. The van der Waals surface area contributed by atoms with Gasteiger partial charge in [-0.2, -0.15) is 0 Å². The number of nitrogens with zero attached hydrogens (tertiary/aromatic N) is 1. The molecule has 0 aliphatic heterocycles. The van der Waals surface area contributed by atoms with Crippen molar-refractivity contribution in [3.05, 3.63) is 55.5 Å². The van der Waals surface area contributed by atoms with Crippen LogP contribution >= 0.6 is 34.8 Å². The SMILES string of the molecule is COc1ccc(S(=O)(=O)NNc2c(Cl)cc(Cl)cc2Cl)c([N+](=O)[O-])c1. The average molecular weight is 427 g/mol. The van der Waals surface area contributed by atoms with Gasteiger partial charge in [-0.05, 0) is 24.3 Å². The van der Waals surface area contributed by atoms with Crippen molar-refractivity contribution < 1.29 is 18.1 Å². The number of ether oxygens (including phenoxy) is 1. The highest BCUT2D eigenvalue weighted by Crippen LogP contribution is 2.34. The van der Waals surface area contributed by atoms with Gasteiger partial charge in [-0.3, -0.25) is 10.1 Å². The fourth-order valence-electron chi connectivity index (χ4n) is 1.83. The van der Waals surface area contributed by atoms with E-state index in [1.807, 2.05) is 4.83 Å². The fourth-order valence-corrected chi connectivity index (χ4v) is 3.74. The van der Waals surface area contributed by atoms with E-state index >= 15 is 0 Å². The first-order valence-corrected chi connectivity index (χ1v) is 9.02. The van der Waals surface area contributed by atoms with Crippen molar-refractivity contribution in [2.75, 3.05) is 12.5 Å². The van der Waals surface area contributed by atoms with Gasteiger partial charge in [0, 0.05) is 5.02 Å². The Morgan fingerprint density at radius 1 is 1.12 bits per heavy atom. The van der Waals surface area contributed by atoms with Gasteiger partial charge in [-0.25, -0.2) is 8.42 Å². The molecule has 0 saturated heterocycles. The van der Waals surface area contributed by atoms with Gasteiger partial charge in [-0.1, -0.05) is 34.8 Å². The van der Waals surface area contributed by atoms with Crippen LogP contribution in [0.3, 0.4) is 0 Å². The summed E-state index contributed by atoms with van der Waals surface area (Å²) in [5.74, 6) is 0.141. The zero-order valence-electron chi connectivity index (χ0n) is 12.4. The summed E-state index contributed by atoms with van der Waals surface area (Å²) in [4.78, 5) is 11.7. The number of benzene rings is 2. The van der Waals surface area contributed by atoms with Crippen LogP contribution in [0.25, 0.3) is 0 Å². The van der Waals surface area contributed by atoms with Crippen molar-refractivity contribution in [3.8, 4) is 5.75 Å². The smallest absolute Gasteiger partial charge is 0.293 e. The molecule has 0 aromatic heterocycles. The summed E-state index contributed by atoms with van der Waals surface area (Å²) in [5.41, 5.74) is 1.73. The van der Waals surface area contributed by atoms with Crippen molar-refractivity contribution in [1.82, 2.24) is 4.83 Å². The summed E-state index contributed by atoms with van der Waals surface area (Å²) in [5, 5.41) is 11.5. The summed E-state index contributed by atoms with van der Waals surface area (Å²) in [6.45, 7) is 0. The number of sulfonamides is 1. The fraction of sp³-hybridized carbons (Fsp3) is 0.0769. The maximum absolute atomic E-state index is 12.4. The number of nitrogens with one attached hydrogen (secondary N) is 2. The molecule has 2 aromatic carbocycles. The van der Waals surface area contributed by atoms with Crippen molar-refractivity contribution in [2.45, 2.75) is 4.90 Å². The van der Waals surface area contributed by atoms with Gasteiger partial charge in [0.15, 0.2) is 4.90 Å². The maximum atomic E-state index is 12.4. The maximum Gasteiger partial charge on any atom is 0.293 e. The number of hydrogen-bond donors (Lipinski definition) is 2. The highest BCUT2D eigenvalue weighted by Gasteiger charge is 2.27. The minimum absolute atomic E-state index is 0.0486. The third kappa shape index (κ3) is 4.44. The van der Waals surface area contributed by atoms with Crippen molar-refractivity contribution >= 4 is 56.2 Å². The van der Waals surface area contributed by atoms with Crippen LogP contribution in [0.1, 0.15) is 0 Å². The quantitative estimate of drug-likeness (QED) is 0.536. The van der Waals surface area contributed by atoms with Crippen LogP contribution in [0.15, 0.2) is 35.2 Å². The lowest BCUT2D eigenvalue weighted by Crippen LogP contribution is -2.30. The molecule has 0 spiro atoms. The average Bonchev–Trinajstić information content (AvgIpc) is 2.53. The number of rotatable bonds is 6. The molecule has 0 bridgehead atoms. The van der Waals surface area contributed by atoms with Crippen LogP contribution in [0, 0.1) is 10.1 Å². The zero-order valence-corrected chi connectivity index (χ0v) is 15.5. The lowest BCUT2D eigenvalue weighted by molar-refractivity contribution is -0.387. The summed E-state index contributed by atoms with van der Waals surface area (Å²) >= 11 is 17.7. The topological polar surface area (TPSA) is 111 Å². The van der Waals surface area contributed by atoms with Crippen LogP contribution in [0.4, 0.5) is 11.4 Å². The number of nitro benzene ring substituents is 1. The molecular formula is C13H10Cl3N3O5S. The third-order valence-corrected chi connectivity index (χ3v) is 5.08. The van der Waals surface area contributed by atoms with Gasteiger partial charge in [0.1, 0.15) is 5.75 Å². The molecule has 134 valence electrons. The standard InChI is InChI=1S/C13H10Cl3N3O5S/c1-24-8-2-3-12(11(6-8)19(20)21)25(22,23)18-17-13-9(15)4-7(14)5-10(13)16/h2-6,17-18H,1H3. The lowest BCUT2D eigenvalue weighted by atomic mass is 10.3. The van der Waals surface area contributed by atoms with Gasteiger partial charge in [0.05, 0.1) is 33.8 Å². The molecule has 0 atom stereocenters. The van der Waals surface area contributed by atoms with E-state index in [-0.39, 0.29) is 26.5 Å². The molecule has 0 amide bonds. The molecule has 12 heteroatoms. The minimum atomic E-state index is -4.31. The molecule has 8 nitrogen and oxygen atoms in total. The largest absolute Gasteiger partial charge is 0.497 e. The lowest BCUT2D eigenvalue weighted by Gasteiger charge is -2.13. The van der Waals surface area contributed by atoms with E-state index in [2.05, 4.69) is 5.43 Å². The van der Waals surface area contributed by atoms with Gasteiger partial charge < -0.3 is 10.2 Å². The van der Waals surface area contributed by atoms with E-state index in [1.165, 1.54) is 25.3 Å². The van der Waals surface area contributed by atoms with Gasteiger partial charge in [0.2, 0.25) is 0 Å². The summed E-state index contributed by atoms with van der Waals surface area (Å²) in [6.07, 6.45) is 0. The van der Waals surface area contributed by atoms with Gasteiger partial charge in [0.25, 0.3) is 15.7 Å². The molecule has 0 fully saturated rings. The molecule has 2 N–H and O–H groups in total. The van der Waals surface area contributed by atoms with Crippen molar-refractivity contribution in [2.24, 2.45) is 0 Å². The molecular weight excluding hydrogens is 417 g/mol. The van der Waals surface area contributed by atoms with Crippen LogP contribution < -0.4 is 15.0 Å². The van der Waals surface area contributed by atoms with Crippen molar-refractivity contribution in [1.29, 1.82) is 0 Å². The van der Waals surface area contributed by atoms with Gasteiger partial charge >= 0.3 is 0 Å². The molecule has 0 aliphatic carbocycles. The Morgan fingerprint density at radius 2 is 1.72 bits per heavy atom. The van der Waals surface area contributed by atoms with E-state index in [1.54, 1.807) is 0 Å². The molecule has 0 radical (unpaired) electrons. The van der Waals surface area contributed by atoms with Crippen LogP contribution in [-0.2, 0) is 10.0 Å². The first-order valence-electron chi connectivity index (χ1n) is 6.40. The van der Waals surface area contributed by atoms with Gasteiger partial charge in [-0.15, -0.1) is 4.83 Å². The minimum Gasteiger partial charge on any atom is -0.497 e. The molecule has 0 saturated carbocycles. The second kappa shape index (κ2) is 7.63. The highest BCUT2D eigenvalue weighted by molar-refractivity contribution is 7.89. The Morgan fingerprint density at radius 3 is 2.24 bits per heavy atom. The monoisotopic (exact) mass is 425 g/mol. The zero-order chi connectivity index (χ0) is 18.8. The molecule has 2 rings (SSSR count). The highest BCUT2D eigenvalue weighted by atomic mass is 35.5. The predicted molar refractivity (Wildman–Crippen MR) is 95.1 cm³/mol. The van der Waals surface area contributed by atoms with E-state index in [9.17, 15) is 18.5 Å². The number of hydrogen-bond acceptors (Lipinski definition) is 6. The number of anilines is 1. The first kappa shape index (κ1) is 19.5. The second-order valence-electron chi connectivity index (χ2n) is 4.57. The second-order valence-corrected chi connectivity index (χ2v) is 7.47. The Kier molecular flexibility index (Phi) is 5.96. The summed E-state index contributed by atoms with van der Waals surface area (Å²) in [6, 6.07) is 6.02. The van der Waals surface area contributed by atoms with Crippen LogP contribution in [-0.4, -0.2) is 20.5 Å². The molecule has 0 unspecified atom stereocenters. The Balaban J connectivity index is 2.36. The molecule has 25 heavy (non-hydrogen) atoms. The Hall–Kier alpha value is -1.78. The normalized spacial score (nSPS) is 11.2. The van der Waals surface area contributed by atoms with E-state index in [4.69, 9.17) is 39.5 Å². The molecule has 0 heterocycles. The summed E-state index contributed by atoms with van der Waals surface area (Å²) in [7, 11) is -3.01. The first-order chi connectivity index (χ1) is 11.7. The molecule has 2 aromatic rings. The third-order valence-electron chi connectivity index (χ3n) is 2.97. The van der Waals surface area contributed by atoms with Crippen LogP contribution in [0.5, 0.6) is 5.75 Å². The Labute approximate surface area is 157 Å². The predicted octanol–water partition coefficient (Wildman–Crippen LogP) is 3.87. The number of nitro groups is 1. The number of hydrazine groups is 1. The van der Waals surface area contributed by atoms with E-state index < -0.39 is 25.5 Å². The Bertz CT molecular complexity index is 913. The number of methoxy groups -OCH3 is 1.